The summed E-state index contributed by atoms with van der Waals surface area (Å²) in [5.74, 6) is -1.24. The number of aromatic nitrogens is 4. The van der Waals surface area contributed by atoms with Gasteiger partial charge in [0.1, 0.15) is 17.2 Å². The lowest BCUT2D eigenvalue weighted by Crippen LogP contribution is -2.29. The number of ketones is 1. The number of methoxy groups -OCH3 is 1. The van der Waals surface area contributed by atoms with Crippen LogP contribution < -0.4 is 14.4 Å². The van der Waals surface area contributed by atoms with Crippen molar-refractivity contribution in [1.29, 1.82) is 0 Å². The van der Waals surface area contributed by atoms with Gasteiger partial charge in [-0.15, -0.1) is 10.2 Å². The molecule has 46 heavy (non-hydrogen) atoms. The Morgan fingerprint density at radius 3 is 2.67 bits per heavy atom. The first-order valence-electron chi connectivity index (χ1n) is 14.6. The molecule has 0 spiro atoms. The van der Waals surface area contributed by atoms with Crippen LogP contribution in [0.3, 0.4) is 0 Å². The second-order valence-electron chi connectivity index (χ2n) is 10.5. The first kappa shape index (κ1) is 31.2. The van der Waals surface area contributed by atoms with Crippen LogP contribution >= 0.6 is 23.1 Å². The van der Waals surface area contributed by atoms with Crippen LogP contribution in [0.2, 0.25) is 0 Å². The third-order valence-electron chi connectivity index (χ3n) is 7.54. The molecule has 6 rings (SSSR count). The van der Waals surface area contributed by atoms with E-state index in [-0.39, 0.29) is 22.3 Å². The second-order valence-corrected chi connectivity index (χ2v) is 12.7. The number of ether oxygens (including phenoxy) is 2. The molecule has 1 aliphatic heterocycles. The fourth-order valence-corrected chi connectivity index (χ4v) is 7.14. The lowest BCUT2D eigenvalue weighted by molar-refractivity contribution is -0.132. The van der Waals surface area contributed by atoms with Crippen LogP contribution in [0.25, 0.3) is 11.4 Å². The molecule has 1 saturated heterocycles. The molecule has 1 N–H and O–H groups in total. The standard InChI is InChI=1S/C33H30FN5O5S2/c1-4-5-16-44-23-14-13-20(17-24(23)43-3)28-26(29(40)27-19(2)35-25-12-8-9-15-38(25)27)30(41)31(42)39(28)32-36-37-33(46-32)45-18-21-10-6-7-11-22(21)34/h6-15,17,28,40H,4-5,16,18H2,1-3H3/b29-26+. The van der Waals surface area contributed by atoms with E-state index in [4.69, 9.17) is 9.47 Å². The number of halogens is 1. The van der Waals surface area contributed by atoms with Crippen LogP contribution in [0.15, 0.2) is 76.8 Å². The Morgan fingerprint density at radius 2 is 1.89 bits per heavy atom. The molecular formula is C33H30FN5O5S2. The minimum absolute atomic E-state index is 0.129. The summed E-state index contributed by atoms with van der Waals surface area (Å²) in [7, 11) is 1.51. The van der Waals surface area contributed by atoms with E-state index in [1.54, 1.807) is 66.1 Å². The van der Waals surface area contributed by atoms with Crippen molar-refractivity contribution in [1.82, 2.24) is 19.6 Å². The lowest BCUT2D eigenvalue weighted by atomic mass is 9.96. The smallest absolute Gasteiger partial charge is 0.301 e. The van der Waals surface area contributed by atoms with Gasteiger partial charge in [-0.05, 0) is 54.8 Å². The monoisotopic (exact) mass is 659 g/mol. The third-order valence-corrected chi connectivity index (χ3v) is 9.65. The minimum atomic E-state index is -1.08. The Balaban J connectivity index is 1.45. The second kappa shape index (κ2) is 13.3. The average molecular weight is 660 g/mol. The first-order valence-corrected chi connectivity index (χ1v) is 16.4. The number of benzene rings is 2. The topological polar surface area (TPSA) is 119 Å². The van der Waals surface area contributed by atoms with Crippen molar-refractivity contribution in [2.75, 3.05) is 18.6 Å². The minimum Gasteiger partial charge on any atom is -0.505 e. The van der Waals surface area contributed by atoms with E-state index in [9.17, 15) is 19.1 Å². The van der Waals surface area contributed by atoms with E-state index in [2.05, 4.69) is 22.1 Å². The molecule has 5 aromatic rings. The highest BCUT2D eigenvalue weighted by Crippen LogP contribution is 2.46. The number of Topliss-reactive ketones (excluding diaryl/α,β-unsaturated/α-hetero) is 1. The van der Waals surface area contributed by atoms with Crippen LogP contribution in [-0.4, -0.2) is 50.1 Å². The van der Waals surface area contributed by atoms with Gasteiger partial charge in [0.05, 0.1) is 31.0 Å². The van der Waals surface area contributed by atoms with E-state index in [0.717, 1.165) is 24.2 Å². The number of anilines is 1. The molecule has 1 atom stereocenters. The van der Waals surface area contributed by atoms with E-state index < -0.39 is 17.7 Å². The number of hydrogen-bond acceptors (Lipinski definition) is 10. The number of fused-ring (bicyclic) bond motifs is 1. The quantitative estimate of drug-likeness (QED) is 0.0411. The van der Waals surface area contributed by atoms with Crippen molar-refractivity contribution < 1.29 is 28.6 Å². The largest absolute Gasteiger partial charge is 0.505 e. The lowest BCUT2D eigenvalue weighted by Gasteiger charge is -2.23. The summed E-state index contributed by atoms with van der Waals surface area (Å²) >= 11 is 2.36. The molecule has 13 heteroatoms. The van der Waals surface area contributed by atoms with E-state index >= 15 is 0 Å². The molecule has 0 saturated carbocycles. The normalized spacial score (nSPS) is 16.0. The number of hydrogen-bond donors (Lipinski definition) is 1. The van der Waals surface area contributed by atoms with Gasteiger partial charge in [0.15, 0.2) is 21.6 Å². The molecule has 1 unspecified atom stereocenters. The Kier molecular flexibility index (Phi) is 9.04. The molecule has 0 radical (unpaired) electrons. The number of aliphatic hydroxyl groups excluding tert-OH is 1. The SMILES string of the molecule is CCCCOc1ccc(C2/C(=C(\O)c3c(C)nc4ccccn34)C(=O)C(=O)N2c2nnc(SCc3ccccc3F)s2)cc1OC. The Bertz CT molecular complexity index is 1970. The maximum absolute atomic E-state index is 14.2. The molecule has 1 fully saturated rings. The zero-order chi connectivity index (χ0) is 32.4. The molecule has 0 aliphatic carbocycles. The number of nitrogens with zero attached hydrogens (tertiary/aromatic N) is 5. The van der Waals surface area contributed by atoms with Gasteiger partial charge in [0.25, 0.3) is 5.78 Å². The molecular weight excluding hydrogens is 630 g/mol. The van der Waals surface area contributed by atoms with Gasteiger partial charge in [0, 0.05) is 11.9 Å². The third kappa shape index (κ3) is 5.83. The Morgan fingerprint density at radius 1 is 1.09 bits per heavy atom. The summed E-state index contributed by atoms with van der Waals surface area (Å²) in [4.78, 5) is 33.4. The zero-order valence-corrected chi connectivity index (χ0v) is 26.9. The number of thioether (sulfide) groups is 1. The number of amides is 1. The molecule has 0 bridgehead atoms. The number of pyridine rings is 1. The Labute approximate surface area is 272 Å². The summed E-state index contributed by atoms with van der Waals surface area (Å²) < 4.78 is 27.9. The fourth-order valence-electron chi connectivity index (χ4n) is 5.28. The predicted molar refractivity (Wildman–Crippen MR) is 174 cm³/mol. The van der Waals surface area contributed by atoms with Crippen LogP contribution in [0, 0.1) is 12.7 Å². The molecule has 3 aromatic heterocycles. The van der Waals surface area contributed by atoms with Crippen LogP contribution in [0.5, 0.6) is 11.5 Å². The molecule has 1 amide bonds. The number of unbranched alkanes of at least 4 members (excludes halogenated alkanes) is 1. The highest BCUT2D eigenvalue weighted by molar-refractivity contribution is 8.00. The molecule has 1 aliphatic rings. The summed E-state index contributed by atoms with van der Waals surface area (Å²) in [6.07, 6.45) is 3.54. The molecule has 236 valence electrons. The van der Waals surface area contributed by atoms with Gasteiger partial charge >= 0.3 is 5.91 Å². The number of aliphatic hydroxyl groups is 1. The molecule has 10 nitrogen and oxygen atoms in total. The highest BCUT2D eigenvalue weighted by atomic mass is 32.2. The van der Waals surface area contributed by atoms with E-state index in [0.29, 0.717) is 56.4 Å². The van der Waals surface area contributed by atoms with Crippen LogP contribution in [-0.2, 0) is 15.3 Å². The van der Waals surface area contributed by atoms with Gasteiger partial charge < -0.3 is 14.6 Å². The maximum Gasteiger partial charge on any atom is 0.301 e. The van der Waals surface area contributed by atoms with Crippen molar-refractivity contribution in [3.8, 4) is 11.5 Å². The average Bonchev–Trinajstić information content (AvgIpc) is 3.74. The van der Waals surface area contributed by atoms with Gasteiger partial charge in [-0.25, -0.2) is 9.37 Å². The number of carbonyl (C=O) groups excluding carboxylic acids is 2. The van der Waals surface area contributed by atoms with Gasteiger partial charge in [0.2, 0.25) is 5.13 Å². The number of rotatable bonds is 11. The van der Waals surface area contributed by atoms with Crippen molar-refractivity contribution in [2.24, 2.45) is 0 Å². The summed E-state index contributed by atoms with van der Waals surface area (Å²) in [5.41, 5.74) is 2.21. The van der Waals surface area contributed by atoms with E-state index in [1.165, 1.54) is 29.8 Å². The summed E-state index contributed by atoms with van der Waals surface area (Å²) in [6.45, 7) is 4.29. The molecule has 2 aromatic carbocycles. The number of carbonyl (C=O) groups is 2. The predicted octanol–water partition coefficient (Wildman–Crippen LogP) is 6.74. The molecule has 4 heterocycles. The van der Waals surface area contributed by atoms with Crippen molar-refractivity contribution in [3.05, 3.63) is 101 Å². The highest BCUT2D eigenvalue weighted by Gasteiger charge is 2.49. The van der Waals surface area contributed by atoms with Crippen molar-refractivity contribution in [2.45, 2.75) is 42.8 Å². The van der Waals surface area contributed by atoms with E-state index in [1.807, 2.05) is 6.07 Å². The van der Waals surface area contributed by atoms with Gasteiger partial charge in [-0.2, -0.15) is 0 Å². The first-order chi connectivity index (χ1) is 22.3. The van der Waals surface area contributed by atoms with Crippen LogP contribution in [0.1, 0.15) is 48.3 Å². The van der Waals surface area contributed by atoms with Crippen molar-refractivity contribution >= 4 is 51.3 Å². The summed E-state index contributed by atoms with van der Waals surface area (Å²) in [5, 5.41) is 20.5. The maximum atomic E-state index is 14.2. The summed E-state index contributed by atoms with van der Waals surface area (Å²) in [6, 6.07) is 15.9. The zero-order valence-electron chi connectivity index (χ0n) is 25.3. The number of aryl methyl sites for hydroxylation is 1. The van der Waals surface area contributed by atoms with Gasteiger partial charge in [-0.1, -0.05) is 66.8 Å². The van der Waals surface area contributed by atoms with Gasteiger partial charge in [-0.3, -0.25) is 18.9 Å². The fraction of sp³-hybridized carbons (Fsp3) is 0.242. The van der Waals surface area contributed by atoms with Crippen molar-refractivity contribution in [3.63, 3.8) is 0 Å². The Hall–Kier alpha value is -4.75. The number of imidazole rings is 1. The van der Waals surface area contributed by atoms with Crippen LogP contribution in [0.4, 0.5) is 9.52 Å².